The van der Waals surface area contributed by atoms with Crippen molar-refractivity contribution < 1.29 is 9.90 Å². The number of carbonyl (C=O) groups is 1. The van der Waals surface area contributed by atoms with Crippen molar-refractivity contribution in [1.29, 1.82) is 0 Å². The number of carbonyl (C=O) groups excluding carboxylic acids is 1. The maximum Gasteiger partial charge on any atom is 0.315 e. The van der Waals surface area contributed by atoms with Crippen LogP contribution < -0.4 is 10.6 Å². The fourth-order valence-electron chi connectivity index (χ4n) is 1.59. The highest BCUT2D eigenvalue weighted by atomic mass is 32.1. The van der Waals surface area contributed by atoms with E-state index in [1.807, 2.05) is 35.0 Å². The zero-order valence-electron chi connectivity index (χ0n) is 10.3. The van der Waals surface area contributed by atoms with Crippen LogP contribution in [0.3, 0.4) is 0 Å². The number of amides is 2. The number of nitrogens with one attached hydrogen (secondary N) is 2. The Hall–Kier alpha value is -1.37. The van der Waals surface area contributed by atoms with Gasteiger partial charge in [-0.3, -0.25) is 0 Å². The lowest BCUT2D eigenvalue weighted by Crippen LogP contribution is -2.35. The van der Waals surface area contributed by atoms with Crippen LogP contribution in [0.15, 0.2) is 35.0 Å². The van der Waals surface area contributed by atoms with Crippen molar-refractivity contribution >= 4 is 28.7 Å². The van der Waals surface area contributed by atoms with E-state index in [9.17, 15) is 9.90 Å². The van der Waals surface area contributed by atoms with Gasteiger partial charge in [0.05, 0.1) is 12.6 Å². The molecule has 0 saturated carbocycles. The van der Waals surface area contributed by atoms with Crippen molar-refractivity contribution in [3.8, 4) is 0 Å². The normalized spacial score (nSPS) is 12.1. The fraction of sp³-hybridized carbons (Fsp3) is 0.308. The van der Waals surface area contributed by atoms with Gasteiger partial charge in [-0.15, -0.1) is 22.7 Å². The Labute approximate surface area is 120 Å². The zero-order valence-corrected chi connectivity index (χ0v) is 12.0. The third kappa shape index (κ3) is 4.66. The average Bonchev–Trinajstić information content (AvgIpc) is 3.09. The van der Waals surface area contributed by atoms with Crippen LogP contribution in [0.25, 0.3) is 0 Å². The van der Waals surface area contributed by atoms with Crippen LogP contribution in [0, 0.1) is 0 Å². The number of aliphatic hydroxyl groups excluding tert-OH is 1. The molecule has 2 heterocycles. The monoisotopic (exact) mass is 296 g/mol. The molecule has 0 aliphatic heterocycles. The molecule has 0 aliphatic rings. The van der Waals surface area contributed by atoms with Crippen LogP contribution in [-0.2, 0) is 6.54 Å². The Morgan fingerprint density at radius 1 is 1.21 bits per heavy atom. The number of hydrogen-bond acceptors (Lipinski definition) is 4. The smallest absolute Gasteiger partial charge is 0.315 e. The molecule has 2 rings (SSSR count). The Kier molecular flexibility index (Phi) is 5.38. The van der Waals surface area contributed by atoms with Crippen LogP contribution in [0.2, 0.25) is 0 Å². The van der Waals surface area contributed by atoms with Crippen molar-refractivity contribution in [2.45, 2.75) is 19.1 Å². The summed E-state index contributed by atoms with van der Waals surface area (Å²) in [6.45, 7) is 0.992. The Bertz CT molecular complexity index is 483. The van der Waals surface area contributed by atoms with Crippen molar-refractivity contribution in [2.24, 2.45) is 0 Å². The summed E-state index contributed by atoms with van der Waals surface area (Å²) in [6, 6.07) is 7.53. The summed E-state index contributed by atoms with van der Waals surface area (Å²) in [5.74, 6) is 0. The molecule has 2 amide bonds. The summed E-state index contributed by atoms with van der Waals surface area (Å²) in [6.07, 6.45) is 0.0185. The van der Waals surface area contributed by atoms with Gasteiger partial charge in [-0.1, -0.05) is 12.1 Å². The minimum Gasteiger partial charge on any atom is -0.388 e. The van der Waals surface area contributed by atoms with Gasteiger partial charge in [0.25, 0.3) is 0 Å². The molecule has 1 unspecified atom stereocenters. The Balaban J connectivity index is 1.61. The first-order chi connectivity index (χ1) is 9.25. The maximum absolute atomic E-state index is 11.5. The Morgan fingerprint density at radius 2 is 2.00 bits per heavy atom. The van der Waals surface area contributed by atoms with Gasteiger partial charge < -0.3 is 15.7 Å². The van der Waals surface area contributed by atoms with Gasteiger partial charge in [0.15, 0.2) is 0 Å². The quantitative estimate of drug-likeness (QED) is 0.767. The standard InChI is InChI=1S/C13H16N2O2S2/c16-11(12-4-2-8-19-12)5-6-14-13(17)15-9-10-3-1-7-18-10/h1-4,7-8,11,16H,5-6,9H2,(H2,14,15,17). The van der Waals surface area contributed by atoms with Crippen molar-refractivity contribution in [1.82, 2.24) is 10.6 Å². The predicted octanol–water partition coefficient (Wildman–Crippen LogP) is 2.73. The number of urea groups is 1. The molecule has 0 saturated heterocycles. The molecule has 102 valence electrons. The van der Waals surface area contributed by atoms with Crippen molar-refractivity contribution in [3.05, 3.63) is 44.8 Å². The lowest BCUT2D eigenvalue weighted by molar-refractivity contribution is 0.170. The highest BCUT2D eigenvalue weighted by Gasteiger charge is 2.08. The maximum atomic E-state index is 11.5. The molecular formula is C13H16N2O2S2. The van der Waals surface area contributed by atoms with E-state index in [-0.39, 0.29) is 6.03 Å². The van der Waals surface area contributed by atoms with Crippen LogP contribution in [0.4, 0.5) is 4.79 Å². The minimum atomic E-state index is -0.502. The number of aliphatic hydroxyl groups is 1. The summed E-state index contributed by atoms with van der Waals surface area (Å²) in [4.78, 5) is 13.6. The molecule has 0 radical (unpaired) electrons. The van der Waals surface area contributed by atoms with E-state index in [2.05, 4.69) is 10.6 Å². The van der Waals surface area contributed by atoms with Gasteiger partial charge in [0.1, 0.15) is 0 Å². The van der Waals surface area contributed by atoms with E-state index in [1.165, 1.54) is 11.3 Å². The molecule has 0 aromatic carbocycles. The van der Waals surface area contributed by atoms with E-state index in [1.54, 1.807) is 11.3 Å². The molecular weight excluding hydrogens is 280 g/mol. The average molecular weight is 296 g/mol. The van der Waals surface area contributed by atoms with Gasteiger partial charge in [-0.25, -0.2) is 4.79 Å². The number of thiophene rings is 2. The van der Waals surface area contributed by atoms with Gasteiger partial charge in [0, 0.05) is 16.3 Å². The molecule has 0 spiro atoms. The summed E-state index contributed by atoms with van der Waals surface area (Å²) in [7, 11) is 0. The topological polar surface area (TPSA) is 61.4 Å². The van der Waals surface area contributed by atoms with E-state index in [0.717, 1.165) is 9.75 Å². The first-order valence-electron chi connectivity index (χ1n) is 6.01. The lowest BCUT2D eigenvalue weighted by Gasteiger charge is -2.10. The highest BCUT2D eigenvalue weighted by Crippen LogP contribution is 2.20. The molecule has 6 heteroatoms. The molecule has 4 nitrogen and oxygen atoms in total. The summed E-state index contributed by atoms with van der Waals surface area (Å²) < 4.78 is 0. The third-order valence-corrected chi connectivity index (χ3v) is 4.43. The molecule has 19 heavy (non-hydrogen) atoms. The van der Waals surface area contributed by atoms with Crippen LogP contribution in [0.1, 0.15) is 22.3 Å². The summed E-state index contributed by atoms with van der Waals surface area (Å²) in [5, 5.41) is 19.3. The SMILES string of the molecule is O=C(NCCC(O)c1cccs1)NCc1cccs1. The molecule has 0 aliphatic carbocycles. The first-order valence-corrected chi connectivity index (χ1v) is 7.77. The van der Waals surface area contributed by atoms with E-state index < -0.39 is 6.10 Å². The molecule has 0 fully saturated rings. The molecule has 1 atom stereocenters. The largest absolute Gasteiger partial charge is 0.388 e. The molecule has 2 aromatic rings. The second kappa shape index (κ2) is 7.28. The van der Waals surface area contributed by atoms with E-state index in [0.29, 0.717) is 19.5 Å². The van der Waals surface area contributed by atoms with Gasteiger partial charge in [0.2, 0.25) is 0 Å². The van der Waals surface area contributed by atoms with Crippen molar-refractivity contribution in [3.63, 3.8) is 0 Å². The van der Waals surface area contributed by atoms with E-state index >= 15 is 0 Å². The predicted molar refractivity (Wildman–Crippen MR) is 78.5 cm³/mol. The van der Waals surface area contributed by atoms with Crippen LogP contribution >= 0.6 is 22.7 Å². The number of rotatable bonds is 6. The summed E-state index contributed by atoms with van der Waals surface area (Å²) >= 11 is 3.13. The minimum absolute atomic E-state index is 0.202. The zero-order chi connectivity index (χ0) is 13.5. The Morgan fingerprint density at radius 3 is 2.68 bits per heavy atom. The van der Waals surface area contributed by atoms with E-state index in [4.69, 9.17) is 0 Å². The lowest BCUT2D eigenvalue weighted by atomic mass is 10.2. The van der Waals surface area contributed by atoms with Gasteiger partial charge in [-0.2, -0.15) is 0 Å². The highest BCUT2D eigenvalue weighted by molar-refractivity contribution is 7.10. The first kappa shape index (κ1) is 14.0. The van der Waals surface area contributed by atoms with Gasteiger partial charge in [-0.05, 0) is 29.3 Å². The van der Waals surface area contributed by atoms with Crippen molar-refractivity contribution in [2.75, 3.05) is 6.54 Å². The van der Waals surface area contributed by atoms with Crippen LogP contribution in [0.5, 0.6) is 0 Å². The second-order valence-corrected chi connectivity index (χ2v) is 6.02. The summed E-state index contributed by atoms with van der Waals surface area (Å²) in [5.41, 5.74) is 0. The third-order valence-electron chi connectivity index (χ3n) is 2.58. The molecule has 0 bridgehead atoms. The second-order valence-electron chi connectivity index (χ2n) is 4.01. The van der Waals surface area contributed by atoms with Crippen LogP contribution in [-0.4, -0.2) is 17.7 Å². The molecule has 2 aromatic heterocycles. The number of hydrogen-bond donors (Lipinski definition) is 3. The molecule has 3 N–H and O–H groups in total. The fourth-order valence-corrected chi connectivity index (χ4v) is 2.98. The van der Waals surface area contributed by atoms with Gasteiger partial charge >= 0.3 is 6.03 Å².